The molecule has 2 aromatic carbocycles. The maximum Gasteiger partial charge on any atom is 0.254 e. The van der Waals surface area contributed by atoms with Crippen LogP contribution in [0.1, 0.15) is 12.5 Å². The number of carbonyl (C=O) groups excluding carboxylic acids is 1. The Morgan fingerprint density at radius 1 is 1.15 bits per heavy atom. The van der Waals surface area contributed by atoms with Crippen LogP contribution in [0.2, 0.25) is 0 Å². The first kappa shape index (κ1) is 17.5. The molecule has 3 aromatic rings. The van der Waals surface area contributed by atoms with Crippen molar-refractivity contribution in [1.29, 1.82) is 0 Å². The maximum atomic E-state index is 13.8. The summed E-state index contributed by atoms with van der Waals surface area (Å²) < 4.78 is 15.0. The van der Waals surface area contributed by atoms with Gasteiger partial charge in [-0.3, -0.25) is 14.2 Å². The normalized spacial score (nSPS) is 10.5. The molecule has 0 radical (unpaired) electrons. The summed E-state index contributed by atoms with van der Waals surface area (Å²) in [5.74, 6) is -0.790. The molecular weight excluding hydrogens is 333 g/mol. The minimum absolute atomic E-state index is 0.168. The van der Waals surface area contributed by atoms with E-state index < -0.39 is 11.4 Å². The minimum Gasteiger partial charge on any atom is -0.325 e. The van der Waals surface area contributed by atoms with E-state index in [1.807, 2.05) is 24.3 Å². The van der Waals surface area contributed by atoms with Crippen molar-refractivity contribution >= 4 is 11.6 Å². The van der Waals surface area contributed by atoms with Crippen LogP contribution >= 0.6 is 0 Å². The average molecular weight is 351 g/mol. The Balaban J connectivity index is 1.72. The Morgan fingerprint density at radius 3 is 2.54 bits per heavy atom. The Labute approximate surface area is 150 Å². The van der Waals surface area contributed by atoms with Gasteiger partial charge in [-0.2, -0.15) is 0 Å². The number of aromatic nitrogens is 2. The van der Waals surface area contributed by atoms with Gasteiger partial charge >= 0.3 is 0 Å². The first-order valence-electron chi connectivity index (χ1n) is 8.27. The molecule has 0 spiro atoms. The number of benzene rings is 2. The molecule has 1 N–H and O–H groups in total. The second kappa shape index (κ2) is 7.74. The second-order valence-electron chi connectivity index (χ2n) is 5.82. The highest BCUT2D eigenvalue weighted by Crippen LogP contribution is 2.18. The van der Waals surface area contributed by atoms with Crippen LogP contribution in [0, 0.1) is 5.82 Å². The topological polar surface area (TPSA) is 64.0 Å². The van der Waals surface area contributed by atoms with Crippen LogP contribution in [0.25, 0.3) is 11.3 Å². The van der Waals surface area contributed by atoms with Crippen LogP contribution in [0.3, 0.4) is 0 Å². The molecular formula is C20H18FN3O2. The van der Waals surface area contributed by atoms with E-state index in [4.69, 9.17) is 0 Å². The van der Waals surface area contributed by atoms with Crippen molar-refractivity contribution in [1.82, 2.24) is 9.55 Å². The van der Waals surface area contributed by atoms with Gasteiger partial charge in [-0.1, -0.05) is 31.2 Å². The Morgan fingerprint density at radius 2 is 1.88 bits per heavy atom. The number of anilines is 1. The molecule has 0 bridgehead atoms. The van der Waals surface area contributed by atoms with E-state index >= 15 is 0 Å². The highest BCUT2D eigenvalue weighted by Gasteiger charge is 2.10. The molecule has 0 saturated carbocycles. The maximum absolute atomic E-state index is 13.8. The molecule has 6 heteroatoms. The SMILES string of the molecule is CCc1ccc(NC(=O)Cn2cnc(-c3ccccc3F)cc2=O)cc1. The molecule has 0 aliphatic rings. The van der Waals surface area contributed by atoms with Crippen LogP contribution in [-0.2, 0) is 17.8 Å². The molecule has 0 aliphatic carbocycles. The largest absolute Gasteiger partial charge is 0.325 e. The third-order valence-electron chi connectivity index (χ3n) is 3.99. The van der Waals surface area contributed by atoms with Gasteiger partial charge in [0, 0.05) is 17.3 Å². The summed E-state index contributed by atoms with van der Waals surface area (Å²) in [6.07, 6.45) is 2.17. The molecule has 1 aromatic heterocycles. The Hall–Kier alpha value is -3.28. The van der Waals surface area contributed by atoms with Crippen molar-refractivity contribution in [3.8, 4) is 11.3 Å². The van der Waals surface area contributed by atoms with Gasteiger partial charge < -0.3 is 5.32 Å². The van der Waals surface area contributed by atoms with E-state index in [1.165, 1.54) is 28.6 Å². The van der Waals surface area contributed by atoms with E-state index in [-0.39, 0.29) is 23.7 Å². The summed E-state index contributed by atoms with van der Waals surface area (Å²) >= 11 is 0. The van der Waals surface area contributed by atoms with Crippen molar-refractivity contribution in [3.63, 3.8) is 0 Å². The first-order chi connectivity index (χ1) is 12.6. The van der Waals surface area contributed by atoms with Crippen LogP contribution in [-0.4, -0.2) is 15.5 Å². The second-order valence-corrected chi connectivity index (χ2v) is 5.82. The van der Waals surface area contributed by atoms with E-state index in [2.05, 4.69) is 17.2 Å². The molecule has 1 amide bonds. The van der Waals surface area contributed by atoms with Crippen molar-refractivity contribution in [2.24, 2.45) is 0 Å². The predicted octanol–water partition coefficient (Wildman–Crippen LogP) is 3.25. The fraction of sp³-hybridized carbons (Fsp3) is 0.150. The van der Waals surface area contributed by atoms with Crippen molar-refractivity contribution < 1.29 is 9.18 Å². The lowest BCUT2D eigenvalue weighted by molar-refractivity contribution is -0.116. The monoisotopic (exact) mass is 351 g/mol. The van der Waals surface area contributed by atoms with Crippen LogP contribution in [0.4, 0.5) is 10.1 Å². The van der Waals surface area contributed by atoms with Crippen LogP contribution in [0.5, 0.6) is 0 Å². The zero-order valence-electron chi connectivity index (χ0n) is 14.3. The van der Waals surface area contributed by atoms with Gasteiger partial charge in [0.2, 0.25) is 5.91 Å². The Kier molecular flexibility index (Phi) is 5.22. The van der Waals surface area contributed by atoms with Gasteiger partial charge in [-0.25, -0.2) is 9.37 Å². The lowest BCUT2D eigenvalue weighted by atomic mass is 10.1. The zero-order chi connectivity index (χ0) is 18.5. The Bertz CT molecular complexity index is 981. The molecule has 5 nitrogen and oxygen atoms in total. The summed E-state index contributed by atoms with van der Waals surface area (Å²) in [5, 5.41) is 2.74. The van der Waals surface area contributed by atoms with E-state index in [9.17, 15) is 14.0 Å². The smallest absolute Gasteiger partial charge is 0.254 e. The lowest BCUT2D eigenvalue weighted by Gasteiger charge is -2.09. The number of aryl methyl sites for hydroxylation is 1. The van der Waals surface area contributed by atoms with Gasteiger partial charge in [0.25, 0.3) is 5.56 Å². The van der Waals surface area contributed by atoms with Crippen LogP contribution in [0.15, 0.2) is 65.7 Å². The summed E-state index contributed by atoms with van der Waals surface area (Å²) in [4.78, 5) is 28.5. The molecule has 0 saturated heterocycles. The number of hydrogen-bond acceptors (Lipinski definition) is 3. The number of rotatable bonds is 5. The number of carbonyl (C=O) groups is 1. The van der Waals surface area contributed by atoms with E-state index in [0.29, 0.717) is 5.69 Å². The third-order valence-corrected chi connectivity index (χ3v) is 3.99. The summed E-state index contributed by atoms with van der Waals surface area (Å²) in [7, 11) is 0. The third kappa shape index (κ3) is 4.03. The molecule has 3 rings (SSSR count). The first-order valence-corrected chi connectivity index (χ1v) is 8.27. The highest BCUT2D eigenvalue weighted by atomic mass is 19.1. The number of amides is 1. The molecule has 0 fully saturated rings. The van der Waals surface area contributed by atoms with Gasteiger partial charge in [-0.15, -0.1) is 0 Å². The summed E-state index contributed by atoms with van der Waals surface area (Å²) in [6, 6.07) is 14.8. The fourth-order valence-electron chi connectivity index (χ4n) is 2.54. The van der Waals surface area contributed by atoms with Gasteiger partial charge in [0.1, 0.15) is 12.4 Å². The number of hydrogen-bond donors (Lipinski definition) is 1. The number of nitrogens with one attached hydrogen (secondary N) is 1. The van der Waals surface area contributed by atoms with Gasteiger partial charge in [-0.05, 0) is 36.2 Å². The minimum atomic E-state index is -0.453. The predicted molar refractivity (Wildman–Crippen MR) is 98.3 cm³/mol. The molecule has 0 unspecified atom stereocenters. The number of nitrogens with zero attached hydrogens (tertiary/aromatic N) is 2. The van der Waals surface area contributed by atoms with E-state index in [0.717, 1.165) is 6.42 Å². The van der Waals surface area contributed by atoms with Gasteiger partial charge in [0.15, 0.2) is 0 Å². The highest BCUT2D eigenvalue weighted by molar-refractivity contribution is 5.90. The quantitative estimate of drug-likeness (QED) is 0.767. The van der Waals surface area contributed by atoms with Crippen molar-refractivity contribution in [2.45, 2.75) is 19.9 Å². The molecule has 26 heavy (non-hydrogen) atoms. The zero-order valence-corrected chi connectivity index (χ0v) is 14.3. The van der Waals surface area contributed by atoms with Gasteiger partial charge in [0.05, 0.1) is 12.0 Å². The van der Waals surface area contributed by atoms with Crippen LogP contribution < -0.4 is 10.9 Å². The summed E-state index contributed by atoms with van der Waals surface area (Å²) in [5.41, 5.74) is 1.90. The average Bonchev–Trinajstić information content (AvgIpc) is 2.64. The number of halogens is 1. The molecule has 0 aliphatic heterocycles. The van der Waals surface area contributed by atoms with E-state index in [1.54, 1.807) is 18.2 Å². The molecule has 1 heterocycles. The fourth-order valence-corrected chi connectivity index (χ4v) is 2.54. The van der Waals surface area contributed by atoms with Crippen molar-refractivity contribution in [3.05, 3.63) is 82.7 Å². The standard InChI is InChI=1S/C20H18FN3O2/c1-2-14-7-9-15(10-8-14)23-19(25)12-24-13-22-18(11-20(24)26)16-5-3-4-6-17(16)21/h3-11,13H,2,12H2,1H3,(H,23,25). The molecule has 132 valence electrons. The molecule has 0 atom stereocenters. The summed E-state index contributed by atoms with van der Waals surface area (Å²) in [6.45, 7) is 1.89. The van der Waals surface area contributed by atoms with Crippen molar-refractivity contribution in [2.75, 3.05) is 5.32 Å². The lowest BCUT2D eigenvalue weighted by Crippen LogP contribution is -2.27.